The Bertz CT molecular complexity index is 1600. The lowest BCUT2D eigenvalue weighted by molar-refractivity contribution is 0.0131. The highest BCUT2D eigenvalue weighted by molar-refractivity contribution is 7.90. The Balaban J connectivity index is 1.29. The summed E-state index contributed by atoms with van der Waals surface area (Å²) in [4.78, 5) is 16.0. The molecule has 0 aromatic heterocycles. The first-order valence-electron chi connectivity index (χ1n) is 16.3. The van der Waals surface area contributed by atoms with Gasteiger partial charge in [-0.05, 0) is 111 Å². The third kappa shape index (κ3) is 5.79. The molecule has 2 bridgehead atoms. The number of ether oxygens (including phenoxy) is 3. The molecular weight excluding hydrogens is 612 g/mol. The maximum atomic E-state index is 13.7. The second-order valence-electron chi connectivity index (χ2n) is 13.8. The normalized spacial score (nSPS) is 34.7. The first kappa shape index (κ1) is 31.0. The molecule has 242 valence electrons. The van der Waals surface area contributed by atoms with E-state index in [2.05, 4.69) is 33.9 Å². The van der Waals surface area contributed by atoms with Crippen LogP contribution in [0.25, 0.3) is 0 Å². The fraction of sp³-hybridized carbons (Fsp3) is 0.571. The minimum Gasteiger partial charge on any atom is -0.490 e. The number of carbonyl (C=O) groups excluding carboxylic acids is 1. The summed E-state index contributed by atoms with van der Waals surface area (Å²) < 4.78 is 48.0. The molecule has 3 aliphatic carbocycles. The van der Waals surface area contributed by atoms with Crippen LogP contribution in [0.2, 0.25) is 5.02 Å². The zero-order valence-corrected chi connectivity index (χ0v) is 27.6. The lowest BCUT2D eigenvalue weighted by Crippen LogP contribution is -2.49. The Labute approximate surface area is 271 Å². The van der Waals surface area contributed by atoms with Crippen molar-refractivity contribution in [2.45, 2.75) is 74.2 Å². The van der Waals surface area contributed by atoms with Gasteiger partial charge in [0.15, 0.2) is 0 Å². The van der Waals surface area contributed by atoms with Gasteiger partial charge in [0.1, 0.15) is 5.75 Å². The van der Waals surface area contributed by atoms with Crippen molar-refractivity contribution in [2.75, 3.05) is 38.8 Å². The number of halogens is 1. The van der Waals surface area contributed by atoms with E-state index in [1.807, 2.05) is 18.2 Å². The maximum absolute atomic E-state index is 13.7. The molecule has 1 amide bonds. The number of anilines is 1. The summed E-state index contributed by atoms with van der Waals surface area (Å²) in [7, 11) is -0.573. The van der Waals surface area contributed by atoms with Crippen molar-refractivity contribution >= 4 is 33.2 Å². The van der Waals surface area contributed by atoms with Gasteiger partial charge in [-0.15, -0.1) is 0 Å². The van der Waals surface area contributed by atoms with Crippen molar-refractivity contribution in [2.24, 2.45) is 17.8 Å². The number of amides is 1. The molecular formula is C35H43ClN2O6S. The van der Waals surface area contributed by atoms with Crippen molar-refractivity contribution in [3.05, 3.63) is 70.3 Å². The van der Waals surface area contributed by atoms with Gasteiger partial charge < -0.3 is 19.1 Å². The number of hydrogen-bond donors (Lipinski definition) is 1. The van der Waals surface area contributed by atoms with Crippen LogP contribution in [0.15, 0.2) is 48.6 Å². The average Bonchev–Trinajstić information content (AvgIpc) is 3.38. The number of benzene rings is 2. The smallest absolute Gasteiger partial charge is 0.264 e. The molecule has 0 unspecified atom stereocenters. The molecule has 10 heteroatoms. The molecule has 7 atom stereocenters. The molecule has 7 rings (SSSR count). The van der Waals surface area contributed by atoms with Crippen LogP contribution in [0.1, 0.15) is 66.4 Å². The summed E-state index contributed by atoms with van der Waals surface area (Å²) in [5.41, 5.74) is 3.46. The van der Waals surface area contributed by atoms with Crippen molar-refractivity contribution < 1.29 is 27.4 Å². The Morgan fingerprint density at radius 1 is 1.07 bits per heavy atom. The summed E-state index contributed by atoms with van der Waals surface area (Å²) in [6, 6.07) is 11.6. The monoisotopic (exact) mass is 654 g/mol. The number of sulfonamides is 1. The number of nitrogens with zero attached hydrogens (tertiary/aromatic N) is 1. The van der Waals surface area contributed by atoms with Gasteiger partial charge in [0, 0.05) is 43.3 Å². The number of nitrogens with one attached hydrogen (secondary N) is 1. The summed E-state index contributed by atoms with van der Waals surface area (Å²) in [6.45, 7) is 2.05. The van der Waals surface area contributed by atoms with E-state index in [1.165, 1.54) is 11.1 Å². The van der Waals surface area contributed by atoms with Crippen molar-refractivity contribution in [1.82, 2.24) is 4.72 Å². The lowest BCUT2D eigenvalue weighted by atomic mass is 9.68. The maximum Gasteiger partial charge on any atom is 0.264 e. The van der Waals surface area contributed by atoms with Crippen LogP contribution < -0.4 is 14.4 Å². The number of methoxy groups -OCH3 is 2. The number of rotatable bonds is 2. The van der Waals surface area contributed by atoms with Crippen LogP contribution in [-0.4, -0.2) is 65.7 Å². The van der Waals surface area contributed by atoms with Crippen LogP contribution in [0, 0.1) is 17.8 Å². The topological polar surface area (TPSA) is 94.2 Å². The largest absolute Gasteiger partial charge is 0.490 e. The lowest BCUT2D eigenvalue weighted by Gasteiger charge is -2.46. The summed E-state index contributed by atoms with van der Waals surface area (Å²) in [6.07, 6.45) is 10.8. The number of allylic oxidation sites excluding steroid dienone is 1. The average molecular weight is 655 g/mol. The first-order valence-corrected chi connectivity index (χ1v) is 18.2. The highest BCUT2D eigenvalue weighted by Crippen LogP contribution is 2.47. The zero-order chi connectivity index (χ0) is 31.3. The molecule has 2 aliphatic heterocycles. The first-order chi connectivity index (χ1) is 21.7. The van der Waals surface area contributed by atoms with Gasteiger partial charge in [-0.25, -0.2) is 13.1 Å². The van der Waals surface area contributed by atoms with E-state index in [0.717, 1.165) is 55.9 Å². The second kappa shape index (κ2) is 12.2. The van der Waals surface area contributed by atoms with Crippen LogP contribution >= 0.6 is 11.6 Å². The molecule has 0 radical (unpaired) electrons. The summed E-state index contributed by atoms with van der Waals surface area (Å²) in [5.74, 6) is 0.698. The van der Waals surface area contributed by atoms with Crippen molar-refractivity contribution in [3.63, 3.8) is 0 Å². The molecule has 5 aliphatic rings. The molecule has 8 nitrogen and oxygen atoms in total. The van der Waals surface area contributed by atoms with Gasteiger partial charge in [0.25, 0.3) is 5.91 Å². The third-order valence-corrected chi connectivity index (χ3v) is 13.3. The fourth-order valence-corrected chi connectivity index (χ4v) is 10.6. The Morgan fingerprint density at radius 3 is 2.71 bits per heavy atom. The Hall–Kier alpha value is -2.59. The van der Waals surface area contributed by atoms with Gasteiger partial charge in [0.2, 0.25) is 10.0 Å². The molecule has 1 N–H and O–H groups in total. The summed E-state index contributed by atoms with van der Waals surface area (Å²) in [5, 5.41) is 0.0266. The van der Waals surface area contributed by atoms with E-state index in [-0.39, 0.29) is 23.5 Å². The predicted molar refractivity (Wildman–Crippen MR) is 175 cm³/mol. The Morgan fingerprint density at radius 2 is 1.93 bits per heavy atom. The van der Waals surface area contributed by atoms with E-state index < -0.39 is 21.2 Å². The van der Waals surface area contributed by atoms with Crippen LogP contribution in [0.4, 0.5) is 5.69 Å². The second-order valence-corrected chi connectivity index (χ2v) is 16.1. The third-order valence-electron chi connectivity index (χ3n) is 11.2. The predicted octanol–water partition coefficient (Wildman–Crippen LogP) is 5.67. The van der Waals surface area contributed by atoms with E-state index >= 15 is 0 Å². The summed E-state index contributed by atoms with van der Waals surface area (Å²) >= 11 is 6.42. The van der Waals surface area contributed by atoms with Crippen molar-refractivity contribution in [3.8, 4) is 5.75 Å². The van der Waals surface area contributed by atoms with Crippen LogP contribution in [0.3, 0.4) is 0 Å². The van der Waals surface area contributed by atoms with Gasteiger partial charge >= 0.3 is 0 Å². The minimum absolute atomic E-state index is 0.0495. The van der Waals surface area contributed by atoms with Gasteiger partial charge in [0.05, 0.1) is 29.8 Å². The number of carbonyl (C=O) groups is 1. The van der Waals surface area contributed by atoms with Gasteiger partial charge in [-0.1, -0.05) is 29.8 Å². The standard InChI is InChI=1S/C35H43ClN2O6S/c1-42-27-16-23-5-3-7-31(43-2)28-11-8-25(28)19-38-20-35(14-4-6-22-15-26(36)10-12-29(22)35)21-44-32-13-9-24(17-30(32)38)34(39)37-45(40,41)33(23)18-27/h3,7,9-10,12-13,15,17,23,25,27-28,31,33H,4-6,8,11,14,16,18-21H2,1-2H3,(H,37,39)/b7-3+/t23-,25-,27-,28+,31-,33-,35-/m0/s1. The van der Waals surface area contributed by atoms with E-state index in [1.54, 1.807) is 20.3 Å². The van der Waals surface area contributed by atoms with Crippen molar-refractivity contribution in [1.29, 1.82) is 0 Å². The van der Waals surface area contributed by atoms with Crippen LogP contribution in [0.5, 0.6) is 5.75 Å². The molecule has 1 spiro atoms. The number of aryl methyl sites for hydroxylation is 1. The van der Waals surface area contributed by atoms with E-state index in [0.29, 0.717) is 49.0 Å². The zero-order valence-electron chi connectivity index (χ0n) is 26.0. The van der Waals surface area contributed by atoms with Crippen LogP contribution in [-0.2, 0) is 31.3 Å². The highest BCUT2D eigenvalue weighted by atomic mass is 35.5. The number of hydrogen-bond acceptors (Lipinski definition) is 7. The molecule has 0 saturated heterocycles. The molecule has 2 fully saturated rings. The highest BCUT2D eigenvalue weighted by Gasteiger charge is 2.46. The van der Waals surface area contributed by atoms with Gasteiger partial charge in [-0.2, -0.15) is 0 Å². The molecule has 2 heterocycles. The fourth-order valence-electron chi connectivity index (χ4n) is 8.70. The molecule has 2 saturated carbocycles. The molecule has 45 heavy (non-hydrogen) atoms. The SMILES string of the molecule is CO[C@H]1C[C@@H]2C/C=C/[C@H](OC)[C@@H]3CC[C@H]3CN3C[C@@]4(CCCc5cc(Cl)ccc54)COc4ccc(cc43)C(=O)NS(=O)(=O)[C@H]2C1. The quantitative estimate of drug-likeness (QED) is 0.417. The molecule has 2 aromatic carbocycles. The van der Waals surface area contributed by atoms with E-state index in [9.17, 15) is 13.2 Å². The van der Waals surface area contributed by atoms with Gasteiger partial charge in [-0.3, -0.25) is 4.79 Å². The van der Waals surface area contributed by atoms with E-state index in [4.69, 9.17) is 25.8 Å². The minimum atomic E-state index is -3.96. The molecule has 2 aromatic rings. The Kier molecular flexibility index (Phi) is 8.42. The number of fused-ring (bicyclic) bond motifs is 5.